The Bertz CT molecular complexity index is 1180. The molecule has 0 saturated carbocycles. The third-order valence-electron chi connectivity index (χ3n) is 6.30. The quantitative estimate of drug-likeness (QED) is 0.257. The summed E-state index contributed by atoms with van der Waals surface area (Å²) < 4.78 is 10.9. The van der Waals surface area contributed by atoms with Crippen LogP contribution >= 0.6 is 0 Å². The molecule has 37 heavy (non-hydrogen) atoms. The van der Waals surface area contributed by atoms with Crippen LogP contribution in [-0.4, -0.2) is 41.8 Å². The molecule has 0 aromatic heterocycles. The van der Waals surface area contributed by atoms with Gasteiger partial charge in [-0.25, -0.2) is 9.59 Å². The molecule has 0 aliphatic heterocycles. The lowest BCUT2D eigenvalue weighted by atomic mass is 9.75. The molecule has 188 valence electrons. The van der Waals surface area contributed by atoms with Gasteiger partial charge in [-0.15, -0.1) is 0 Å². The highest BCUT2D eigenvalue weighted by atomic mass is 16.6. The molecule has 1 N–H and O–H groups in total. The molecule has 1 amide bonds. The first kappa shape index (κ1) is 25.7. The van der Waals surface area contributed by atoms with Gasteiger partial charge in [-0.05, 0) is 22.3 Å². The first-order chi connectivity index (χ1) is 18.1. The van der Waals surface area contributed by atoms with Crippen LogP contribution in [0.25, 0.3) is 0 Å². The van der Waals surface area contributed by atoms with Crippen molar-refractivity contribution in [3.63, 3.8) is 0 Å². The van der Waals surface area contributed by atoms with Crippen molar-refractivity contribution in [2.45, 2.75) is 18.2 Å². The summed E-state index contributed by atoms with van der Waals surface area (Å²) in [6.07, 6.45) is -0.773. The monoisotopic (exact) mass is 495 g/mol. The maximum atomic E-state index is 14.1. The number of aliphatic hydroxyl groups excluding tert-OH is 1. The smallest absolute Gasteiger partial charge is 0.412 e. The number of methoxy groups -OCH3 is 1. The third-order valence-corrected chi connectivity index (χ3v) is 6.30. The number of nitrogens with zero attached hydrogens (tertiary/aromatic N) is 1. The maximum Gasteiger partial charge on any atom is 0.412 e. The van der Waals surface area contributed by atoms with Crippen molar-refractivity contribution in [1.82, 2.24) is 4.90 Å². The van der Waals surface area contributed by atoms with Gasteiger partial charge in [-0.2, -0.15) is 0 Å². The van der Waals surface area contributed by atoms with Gasteiger partial charge >= 0.3 is 12.1 Å². The lowest BCUT2D eigenvalue weighted by molar-refractivity contribution is -0.149. The topological polar surface area (TPSA) is 76.1 Å². The lowest BCUT2D eigenvalue weighted by Crippen LogP contribution is -2.59. The minimum atomic E-state index is -1.35. The van der Waals surface area contributed by atoms with E-state index >= 15 is 0 Å². The van der Waals surface area contributed by atoms with Crippen molar-refractivity contribution in [2.24, 2.45) is 0 Å². The molecule has 0 aliphatic rings. The second-order valence-corrected chi connectivity index (χ2v) is 8.44. The largest absolute Gasteiger partial charge is 0.467 e. The minimum Gasteiger partial charge on any atom is -0.467 e. The number of carbonyl (C=O) groups is 2. The molecular weight excluding hydrogens is 466 g/mol. The molecule has 0 unspecified atom stereocenters. The van der Waals surface area contributed by atoms with E-state index in [2.05, 4.69) is 0 Å². The van der Waals surface area contributed by atoms with E-state index in [9.17, 15) is 14.7 Å². The fourth-order valence-corrected chi connectivity index (χ4v) is 4.64. The van der Waals surface area contributed by atoms with E-state index < -0.39 is 30.3 Å². The van der Waals surface area contributed by atoms with Gasteiger partial charge < -0.3 is 14.6 Å². The summed E-state index contributed by atoms with van der Waals surface area (Å²) in [5.74, 6) is -0.758. The van der Waals surface area contributed by atoms with Crippen LogP contribution in [0.2, 0.25) is 0 Å². The summed E-state index contributed by atoms with van der Waals surface area (Å²) in [5, 5.41) is 10.5. The molecule has 0 radical (unpaired) electrons. The number of aliphatic hydroxyl groups is 1. The van der Waals surface area contributed by atoms with Crippen LogP contribution in [0.4, 0.5) is 4.79 Å². The molecular formula is C31H29NO5. The predicted molar refractivity (Wildman–Crippen MR) is 141 cm³/mol. The summed E-state index contributed by atoms with van der Waals surface area (Å²) in [6.45, 7) is -0.675. The van der Waals surface area contributed by atoms with Gasteiger partial charge in [0.05, 0.1) is 13.7 Å². The molecule has 0 spiro atoms. The number of rotatable bonds is 9. The second-order valence-electron chi connectivity index (χ2n) is 8.44. The molecule has 0 saturated heterocycles. The summed E-state index contributed by atoms with van der Waals surface area (Å²) in [6, 6.07) is 36.1. The van der Waals surface area contributed by atoms with E-state index in [0.29, 0.717) is 16.7 Å². The zero-order chi connectivity index (χ0) is 26.1. The molecule has 6 nitrogen and oxygen atoms in total. The van der Waals surface area contributed by atoms with Gasteiger partial charge in [0.25, 0.3) is 0 Å². The van der Waals surface area contributed by atoms with Crippen LogP contribution in [0.1, 0.15) is 22.3 Å². The highest BCUT2D eigenvalue weighted by Crippen LogP contribution is 2.44. The van der Waals surface area contributed by atoms with E-state index in [1.807, 2.05) is 121 Å². The molecule has 0 fully saturated rings. The average Bonchev–Trinajstić information content (AvgIpc) is 2.98. The third kappa shape index (κ3) is 5.25. The number of hydrogen-bond acceptors (Lipinski definition) is 5. The first-order valence-corrected chi connectivity index (χ1v) is 12.0. The van der Waals surface area contributed by atoms with Gasteiger partial charge in [0.1, 0.15) is 12.1 Å². The molecule has 1 atom stereocenters. The highest BCUT2D eigenvalue weighted by Gasteiger charge is 2.50. The zero-order valence-corrected chi connectivity index (χ0v) is 20.6. The van der Waals surface area contributed by atoms with Crippen molar-refractivity contribution in [1.29, 1.82) is 0 Å². The number of esters is 1. The molecule has 4 aromatic carbocycles. The fourth-order valence-electron chi connectivity index (χ4n) is 4.64. The molecule has 0 bridgehead atoms. The van der Waals surface area contributed by atoms with Crippen LogP contribution < -0.4 is 0 Å². The van der Waals surface area contributed by atoms with Crippen molar-refractivity contribution < 1.29 is 24.2 Å². The Morgan fingerprint density at radius 1 is 0.730 bits per heavy atom. The van der Waals surface area contributed by atoms with Crippen molar-refractivity contribution in [2.75, 3.05) is 13.7 Å². The average molecular weight is 496 g/mol. The van der Waals surface area contributed by atoms with E-state index in [-0.39, 0.29) is 6.61 Å². The Balaban J connectivity index is 2.00. The van der Waals surface area contributed by atoms with E-state index in [1.54, 1.807) is 0 Å². The van der Waals surface area contributed by atoms with E-state index in [4.69, 9.17) is 9.47 Å². The summed E-state index contributed by atoms with van der Waals surface area (Å²) in [5.41, 5.74) is 1.60. The van der Waals surface area contributed by atoms with Crippen LogP contribution in [0.3, 0.4) is 0 Å². The minimum absolute atomic E-state index is 0.00998. The normalized spacial score (nSPS) is 11.8. The summed E-state index contributed by atoms with van der Waals surface area (Å²) in [4.78, 5) is 28.5. The molecule has 0 aliphatic carbocycles. The van der Waals surface area contributed by atoms with Crippen molar-refractivity contribution >= 4 is 12.1 Å². The fraction of sp³-hybridized carbons (Fsp3) is 0.161. The van der Waals surface area contributed by atoms with Crippen molar-refractivity contribution in [3.05, 3.63) is 144 Å². The van der Waals surface area contributed by atoms with Crippen LogP contribution in [0, 0.1) is 0 Å². The number of amides is 1. The Morgan fingerprint density at radius 3 is 1.51 bits per heavy atom. The van der Waals surface area contributed by atoms with E-state index in [1.165, 1.54) is 12.0 Å². The van der Waals surface area contributed by atoms with Crippen molar-refractivity contribution in [3.8, 4) is 0 Å². The number of hydrogen-bond donors (Lipinski definition) is 1. The molecule has 0 heterocycles. The Morgan fingerprint density at radius 2 is 1.14 bits per heavy atom. The number of ether oxygens (including phenoxy) is 2. The maximum absolute atomic E-state index is 14.1. The SMILES string of the molecule is COC(=O)[C@H](CO)N(C(=O)OCc1ccccc1)C(c1ccccc1)(c1ccccc1)c1ccccc1. The lowest BCUT2D eigenvalue weighted by Gasteiger charge is -2.47. The van der Waals surface area contributed by atoms with Gasteiger partial charge in [-0.3, -0.25) is 4.90 Å². The molecule has 4 rings (SSSR count). The Kier molecular flexibility index (Phi) is 8.33. The predicted octanol–water partition coefficient (Wildman–Crippen LogP) is 5.15. The Labute approximate surface area is 216 Å². The summed E-state index contributed by atoms with van der Waals surface area (Å²) in [7, 11) is 1.23. The van der Waals surface area contributed by atoms with E-state index in [0.717, 1.165) is 5.56 Å². The van der Waals surface area contributed by atoms with Crippen LogP contribution in [0.15, 0.2) is 121 Å². The molecule has 4 aromatic rings. The van der Waals surface area contributed by atoms with Crippen LogP contribution in [0.5, 0.6) is 0 Å². The summed E-state index contributed by atoms with van der Waals surface area (Å²) >= 11 is 0. The molecule has 6 heteroatoms. The second kappa shape index (κ2) is 12.0. The standard InChI is InChI=1S/C31H29NO5/c1-36-29(34)28(22-33)32(30(35)37-23-24-14-6-2-7-15-24)31(25-16-8-3-9-17-25,26-18-10-4-11-19-26)27-20-12-5-13-21-27/h2-21,28,33H,22-23H2,1H3/t28-/m0/s1. The first-order valence-electron chi connectivity index (χ1n) is 12.0. The van der Waals surface area contributed by atoms with Crippen LogP contribution in [-0.2, 0) is 26.4 Å². The van der Waals surface area contributed by atoms with Gasteiger partial charge in [0.15, 0.2) is 6.04 Å². The Hall–Kier alpha value is -4.42. The zero-order valence-electron chi connectivity index (χ0n) is 20.6. The highest BCUT2D eigenvalue weighted by molar-refractivity contribution is 5.83. The number of benzene rings is 4. The van der Waals surface area contributed by atoms with Gasteiger partial charge in [-0.1, -0.05) is 121 Å². The number of carbonyl (C=O) groups excluding carboxylic acids is 2. The van der Waals surface area contributed by atoms with Gasteiger partial charge in [0.2, 0.25) is 0 Å². The van der Waals surface area contributed by atoms with Gasteiger partial charge in [0, 0.05) is 0 Å².